The van der Waals surface area contributed by atoms with Crippen LogP contribution in [0.4, 0.5) is 5.82 Å². The highest BCUT2D eigenvalue weighted by Crippen LogP contribution is 2.32. The third-order valence-electron chi connectivity index (χ3n) is 4.80. The van der Waals surface area contributed by atoms with Gasteiger partial charge < -0.3 is 0 Å². The third-order valence-corrected chi connectivity index (χ3v) is 5.02. The van der Waals surface area contributed by atoms with Gasteiger partial charge in [-0.2, -0.15) is 5.10 Å². The SMILES string of the molecule is Cc1c(N2CC[C@H](Cc3ccc(Cl)nc3)C2=O)n[nH]c1-c1ccncc1. The number of aromatic amines is 1. The fourth-order valence-electron chi connectivity index (χ4n) is 3.40. The maximum Gasteiger partial charge on any atom is 0.231 e. The largest absolute Gasteiger partial charge is 0.295 e. The van der Waals surface area contributed by atoms with Crippen LogP contribution in [0.2, 0.25) is 5.15 Å². The van der Waals surface area contributed by atoms with Crippen LogP contribution in [0.15, 0.2) is 42.9 Å². The Labute approximate surface area is 156 Å². The van der Waals surface area contributed by atoms with Crippen molar-refractivity contribution in [1.29, 1.82) is 0 Å². The van der Waals surface area contributed by atoms with Gasteiger partial charge in [-0.25, -0.2) is 4.98 Å². The summed E-state index contributed by atoms with van der Waals surface area (Å²) in [6.07, 6.45) is 6.69. The number of amides is 1. The Morgan fingerprint density at radius 1 is 1.27 bits per heavy atom. The lowest BCUT2D eigenvalue weighted by Crippen LogP contribution is -2.28. The molecule has 26 heavy (non-hydrogen) atoms. The summed E-state index contributed by atoms with van der Waals surface area (Å²) in [7, 11) is 0. The number of pyridine rings is 2. The maximum absolute atomic E-state index is 12.9. The first-order valence-electron chi connectivity index (χ1n) is 8.50. The molecule has 4 heterocycles. The second-order valence-corrected chi connectivity index (χ2v) is 6.84. The van der Waals surface area contributed by atoms with Crippen LogP contribution >= 0.6 is 11.6 Å². The molecule has 4 rings (SSSR count). The van der Waals surface area contributed by atoms with Crippen LogP contribution in [-0.2, 0) is 11.2 Å². The van der Waals surface area contributed by atoms with E-state index in [1.165, 1.54) is 0 Å². The van der Waals surface area contributed by atoms with Crippen LogP contribution in [0.5, 0.6) is 0 Å². The minimum absolute atomic E-state index is 0.0570. The lowest BCUT2D eigenvalue weighted by molar-refractivity contribution is -0.120. The molecular weight excluding hydrogens is 350 g/mol. The molecule has 0 unspecified atom stereocenters. The normalized spacial score (nSPS) is 17.1. The van der Waals surface area contributed by atoms with Gasteiger partial charge >= 0.3 is 0 Å². The minimum atomic E-state index is -0.0570. The van der Waals surface area contributed by atoms with E-state index in [9.17, 15) is 4.79 Å². The molecule has 6 nitrogen and oxygen atoms in total. The Bertz CT molecular complexity index is 923. The number of anilines is 1. The second-order valence-electron chi connectivity index (χ2n) is 6.45. The number of H-pyrrole nitrogens is 1. The minimum Gasteiger partial charge on any atom is -0.295 e. The molecule has 1 atom stereocenters. The van der Waals surface area contributed by atoms with Gasteiger partial charge in [-0.05, 0) is 43.5 Å². The average molecular weight is 368 g/mol. The number of rotatable bonds is 4. The van der Waals surface area contributed by atoms with E-state index in [1.54, 1.807) is 29.6 Å². The highest BCUT2D eigenvalue weighted by molar-refractivity contribution is 6.29. The van der Waals surface area contributed by atoms with Crippen LogP contribution in [0, 0.1) is 12.8 Å². The zero-order chi connectivity index (χ0) is 18.1. The standard InChI is InChI=1S/C19H18ClN5O/c1-12-17(14-4-7-21-8-5-14)23-24-18(12)25-9-6-15(19(25)26)10-13-2-3-16(20)22-11-13/h2-5,7-8,11,15H,6,9-10H2,1H3,(H,23,24)/t15-/m1/s1. The first kappa shape index (κ1) is 16.7. The number of aromatic nitrogens is 4. The highest BCUT2D eigenvalue weighted by Gasteiger charge is 2.35. The Morgan fingerprint density at radius 2 is 2.08 bits per heavy atom. The van der Waals surface area contributed by atoms with Crippen molar-refractivity contribution in [2.45, 2.75) is 19.8 Å². The zero-order valence-electron chi connectivity index (χ0n) is 14.3. The van der Waals surface area contributed by atoms with Gasteiger partial charge in [0, 0.05) is 42.2 Å². The van der Waals surface area contributed by atoms with E-state index in [2.05, 4.69) is 20.2 Å². The number of carbonyl (C=O) groups excluding carboxylic acids is 1. The van der Waals surface area contributed by atoms with Gasteiger partial charge in [-0.15, -0.1) is 0 Å². The summed E-state index contributed by atoms with van der Waals surface area (Å²) in [5.74, 6) is 0.757. The number of nitrogens with zero attached hydrogens (tertiary/aromatic N) is 4. The van der Waals surface area contributed by atoms with Crippen molar-refractivity contribution in [1.82, 2.24) is 20.2 Å². The lowest BCUT2D eigenvalue weighted by atomic mass is 9.99. The van der Waals surface area contributed by atoms with Crippen LogP contribution in [-0.4, -0.2) is 32.6 Å². The van der Waals surface area contributed by atoms with Crippen molar-refractivity contribution in [3.05, 3.63) is 59.1 Å². The predicted octanol–water partition coefficient (Wildman–Crippen LogP) is 3.42. The van der Waals surface area contributed by atoms with Crippen molar-refractivity contribution >= 4 is 23.3 Å². The molecular formula is C19H18ClN5O. The van der Waals surface area contributed by atoms with Gasteiger partial charge in [0.2, 0.25) is 5.91 Å². The smallest absolute Gasteiger partial charge is 0.231 e. The second kappa shape index (κ2) is 6.88. The number of hydrogen-bond donors (Lipinski definition) is 1. The molecule has 1 amide bonds. The molecule has 0 aromatic carbocycles. The molecule has 3 aromatic heterocycles. The first-order chi connectivity index (χ1) is 12.6. The van der Waals surface area contributed by atoms with Gasteiger partial charge in [0.1, 0.15) is 5.15 Å². The summed E-state index contributed by atoms with van der Waals surface area (Å²) in [4.78, 5) is 22.8. The summed E-state index contributed by atoms with van der Waals surface area (Å²) in [6, 6.07) is 7.53. The monoisotopic (exact) mass is 367 g/mol. The van der Waals surface area contributed by atoms with Crippen molar-refractivity contribution in [2.75, 3.05) is 11.4 Å². The fraction of sp³-hybridized carbons (Fsp3) is 0.263. The van der Waals surface area contributed by atoms with Crippen molar-refractivity contribution < 1.29 is 4.79 Å². The average Bonchev–Trinajstić information content (AvgIpc) is 3.21. The Morgan fingerprint density at radius 3 is 2.81 bits per heavy atom. The van der Waals surface area contributed by atoms with Gasteiger partial charge in [0.05, 0.1) is 5.69 Å². The lowest BCUT2D eigenvalue weighted by Gasteiger charge is -2.15. The molecule has 0 spiro atoms. The molecule has 1 N–H and O–H groups in total. The Kier molecular flexibility index (Phi) is 4.42. The molecule has 7 heteroatoms. The van der Waals surface area contributed by atoms with Gasteiger partial charge in [-0.3, -0.25) is 19.8 Å². The van der Waals surface area contributed by atoms with E-state index < -0.39 is 0 Å². The number of hydrogen-bond acceptors (Lipinski definition) is 4. The molecule has 0 saturated carbocycles. The summed E-state index contributed by atoms with van der Waals surface area (Å²) < 4.78 is 0. The number of nitrogens with one attached hydrogen (secondary N) is 1. The van der Waals surface area contributed by atoms with E-state index in [4.69, 9.17) is 11.6 Å². The summed E-state index contributed by atoms with van der Waals surface area (Å²) in [5, 5.41) is 7.93. The van der Waals surface area contributed by atoms with Crippen molar-refractivity contribution in [2.24, 2.45) is 5.92 Å². The molecule has 1 saturated heterocycles. The molecule has 1 aliphatic heterocycles. The van der Waals surface area contributed by atoms with E-state index in [0.717, 1.165) is 28.8 Å². The molecule has 1 aliphatic rings. The third kappa shape index (κ3) is 3.08. The summed E-state index contributed by atoms with van der Waals surface area (Å²) in [6.45, 7) is 2.66. The van der Waals surface area contributed by atoms with Crippen LogP contribution < -0.4 is 4.90 Å². The quantitative estimate of drug-likeness (QED) is 0.717. The molecule has 3 aromatic rings. The van der Waals surface area contributed by atoms with E-state index in [-0.39, 0.29) is 11.8 Å². The fourth-order valence-corrected chi connectivity index (χ4v) is 3.51. The predicted molar refractivity (Wildman–Crippen MR) is 100.0 cm³/mol. The zero-order valence-corrected chi connectivity index (χ0v) is 15.1. The summed E-state index contributed by atoms with van der Waals surface area (Å²) >= 11 is 5.83. The van der Waals surface area contributed by atoms with E-state index in [0.29, 0.717) is 23.9 Å². The van der Waals surface area contributed by atoms with Crippen LogP contribution in [0.1, 0.15) is 17.5 Å². The van der Waals surface area contributed by atoms with E-state index >= 15 is 0 Å². The van der Waals surface area contributed by atoms with Gasteiger partial charge in [0.15, 0.2) is 5.82 Å². The molecule has 0 radical (unpaired) electrons. The van der Waals surface area contributed by atoms with Gasteiger partial charge in [0.25, 0.3) is 0 Å². The van der Waals surface area contributed by atoms with Crippen LogP contribution in [0.25, 0.3) is 11.3 Å². The molecule has 132 valence electrons. The number of carbonyl (C=O) groups is 1. The topological polar surface area (TPSA) is 74.8 Å². The molecule has 0 bridgehead atoms. The van der Waals surface area contributed by atoms with E-state index in [1.807, 2.05) is 25.1 Å². The van der Waals surface area contributed by atoms with Crippen molar-refractivity contribution in [3.8, 4) is 11.3 Å². The van der Waals surface area contributed by atoms with Crippen LogP contribution in [0.3, 0.4) is 0 Å². The molecule has 1 fully saturated rings. The van der Waals surface area contributed by atoms with Gasteiger partial charge in [-0.1, -0.05) is 17.7 Å². The van der Waals surface area contributed by atoms with Crippen molar-refractivity contribution in [3.63, 3.8) is 0 Å². The Hall–Kier alpha value is -2.73. The number of halogens is 1. The summed E-state index contributed by atoms with van der Waals surface area (Å²) in [5.41, 5.74) is 3.91. The highest BCUT2D eigenvalue weighted by atomic mass is 35.5. The molecule has 0 aliphatic carbocycles. The first-order valence-corrected chi connectivity index (χ1v) is 8.88. The Balaban J connectivity index is 1.53. The maximum atomic E-state index is 12.9.